The second-order valence-electron chi connectivity index (χ2n) is 3.40. The van der Waals surface area contributed by atoms with Gasteiger partial charge in [0.2, 0.25) is 0 Å². The van der Waals surface area contributed by atoms with E-state index in [-0.39, 0.29) is 0 Å². The maximum Gasteiger partial charge on any atom is 0.146 e. The van der Waals surface area contributed by atoms with Crippen molar-refractivity contribution in [2.24, 2.45) is 0 Å². The molecule has 3 heterocycles. The molecule has 5 heteroatoms. The zero-order valence-electron chi connectivity index (χ0n) is 8.46. The number of thiophene rings is 1. The van der Waals surface area contributed by atoms with Gasteiger partial charge in [0.1, 0.15) is 16.7 Å². The molecule has 0 unspecified atom stereocenters. The molecule has 0 radical (unpaired) electrons. The quantitative estimate of drug-likeness (QED) is 0.714. The Hall–Kier alpha value is -1.33. The number of thiazole rings is 1. The van der Waals surface area contributed by atoms with Crippen molar-refractivity contribution >= 4 is 33.0 Å². The zero-order chi connectivity index (χ0) is 10.8. The minimum Gasteiger partial charge on any atom is -0.242 e. The molecule has 0 bridgehead atoms. The summed E-state index contributed by atoms with van der Waals surface area (Å²) in [5, 5.41) is 3.25. The summed E-state index contributed by atoms with van der Waals surface area (Å²) in [6.07, 6.45) is 5.39. The zero-order valence-corrected chi connectivity index (χ0v) is 10.1. The second kappa shape index (κ2) is 4.27. The molecule has 0 aliphatic rings. The molecule has 3 rings (SSSR count). The molecule has 0 fully saturated rings. The molecule has 16 heavy (non-hydrogen) atoms. The van der Waals surface area contributed by atoms with Gasteiger partial charge in [0.05, 0.1) is 11.2 Å². The summed E-state index contributed by atoms with van der Waals surface area (Å²) in [5.74, 6) is 0. The molecule has 0 N–H and O–H groups in total. The lowest BCUT2D eigenvalue weighted by Gasteiger charge is -1.92. The summed E-state index contributed by atoms with van der Waals surface area (Å²) in [7, 11) is 0. The van der Waals surface area contributed by atoms with Crippen LogP contribution in [0.1, 0.15) is 9.88 Å². The molecule has 0 atom stereocenters. The summed E-state index contributed by atoms with van der Waals surface area (Å²) >= 11 is 3.46. The third-order valence-corrected chi connectivity index (χ3v) is 4.26. The van der Waals surface area contributed by atoms with Crippen molar-refractivity contribution < 1.29 is 0 Å². The average Bonchev–Trinajstić information content (AvgIpc) is 2.95. The van der Waals surface area contributed by atoms with Gasteiger partial charge in [-0.2, -0.15) is 0 Å². The summed E-state index contributed by atoms with van der Waals surface area (Å²) < 4.78 is 0. The lowest BCUT2D eigenvalue weighted by atomic mass is 10.3. The van der Waals surface area contributed by atoms with E-state index in [1.165, 1.54) is 4.88 Å². The number of nitrogens with zero attached hydrogens (tertiary/aromatic N) is 3. The van der Waals surface area contributed by atoms with Crippen molar-refractivity contribution in [2.45, 2.75) is 12.8 Å². The lowest BCUT2D eigenvalue weighted by molar-refractivity contribution is 0.967. The first-order valence-corrected chi connectivity index (χ1v) is 6.69. The van der Waals surface area contributed by atoms with Gasteiger partial charge in [-0.3, -0.25) is 0 Å². The first-order valence-electron chi connectivity index (χ1n) is 4.99. The Morgan fingerprint density at radius 1 is 1.25 bits per heavy atom. The van der Waals surface area contributed by atoms with Gasteiger partial charge in [-0.15, -0.1) is 11.3 Å². The standard InChI is InChI=1S/C11H9N3S2/c1-2-8(15-5-1)3-4-10-14-9-6-12-7-13-11(9)16-10/h1-2,5-7H,3-4H2. The fourth-order valence-corrected chi connectivity index (χ4v) is 3.11. The number of rotatable bonds is 3. The predicted octanol–water partition coefficient (Wildman–Crippen LogP) is 2.93. The fourth-order valence-electron chi connectivity index (χ4n) is 1.53. The second-order valence-corrected chi connectivity index (χ2v) is 5.49. The van der Waals surface area contributed by atoms with E-state index in [1.54, 1.807) is 35.2 Å². The van der Waals surface area contributed by atoms with E-state index < -0.39 is 0 Å². The van der Waals surface area contributed by atoms with E-state index in [2.05, 4.69) is 32.5 Å². The molecular weight excluding hydrogens is 238 g/mol. The van der Waals surface area contributed by atoms with Crippen molar-refractivity contribution in [2.75, 3.05) is 0 Å². The number of aromatic nitrogens is 3. The van der Waals surface area contributed by atoms with Crippen LogP contribution in [0.4, 0.5) is 0 Å². The van der Waals surface area contributed by atoms with Crippen molar-refractivity contribution in [1.29, 1.82) is 0 Å². The Balaban J connectivity index is 1.79. The Morgan fingerprint density at radius 2 is 2.25 bits per heavy atom. The normalized spacial score (nSPS) is 11.0. The van der Waals surface area contributed by atoms with Crippen molar-refractivity contribution in [3.05, 3.63) is 39.9 Å². The van der Waals surface area contributed by atoms with Crippen LogP contribution in [0.2, 0.25) is 0 Å². The third-order valence-electron chi connectivity index (χ3n) is 2.28. The maximum absolute atomic E-state index is 4.51. The van der Waals surface area contributed by atoms with Crippen molar-refractivity contribution in [3.8, 4) is 0 Å². The van der Waals surface area contributed by atoms with Crippen LogP contribution in [-0.4, -0.2) is 15.0 Å². The van der Waals surface area contributed by atoms with Gasteiger partial charge in [-0.25, -0.2) is 15.0 Å². The van der Waals surface area contributed by atoms with Crippen LogP contribution in [-0.2, 0) is 12.8 Å². The van der Waals surface area contributed by atoms with Gasteiger partial charge in [0.25, 0.3) is 0 Å². The van der Waals surface area contributed by atoms with Crippen LogP contribution in [0.25, 0.3) is 10.3 Å². The molecule has 0 saturated carbocycles. The van der Waals surface area contributed by atoms with Crippen LogP contribution in [0.15, 0.2) is 30.0 Å². The highest BCUT2D eigenvalue weighted by molar-refractivity contribution is 7.18. The largest absolute Gasteiger partial charge is 0.242 e. The SMILES string of the molecule is c1csc(CCc2nc3cncnc3s2)c1. The monoisotopic (exact) mass is 247 g/mol. The molecule has 0 saturated heterocycles. The summed E-state index contributed by atoms with van der Waals surface area (Å²) in [6.45, 7) is 0. The number of fused-ring (bicyclic) bond motifs is 1. The van der Waals surface area contributed by atoms with E-state index in [4.69, 9.17) is 0 Å². The van der Waals surface area contributed by atoms with Gasteiger partial charge in [-0.1, -0.05) is 17.4 Å². The van der Waals surface area contributed by atoms with Gasteiger partial charge in [-0.05, 0) is 17.9 Å². The molecular formula is C11H9N3S2. The first kappa shape index (κ1) is 9.86. The molecule has 3 aromatic rings. The highest BCUT2D eigenvalue weighted by Gasteiger charge is 2.05. The molecule has 3 aromatic heterocycles. The fraction of sp³-hybridized carbons (Fsp3) is 0.182. The van der Waals surface area contributed by atoms with Gasteiger partial charge in [0.15, 0.2) is 0 Å². The Kier molecular flexibility index (Phi) is 2.63. The molecule has 80 valence electrons. The molecule has 0 aromatic carbocycles. The third kappa shape index (κ3) is 1.96. The highest BCUT2D eigenvalue weighted by Crippen LogP contribution is 2.20. The summed E-state index contributed by atoms with van der Waals surface area (Å²) in [6, 6.07) is 4.25. The smallest absolute Gasteiger partial charge is 0.146 e. The van der Waals surface area contributed by atoms with Crippen LogP contribution < -0.4 is 0 Å². The number of aryl methyl sites for hydroxylation is 2. The topological polar surface area (TPSA) is 38.7 Å². The van der Waals surface area contributed by atoms with E-state index in [1.807, 2.05) is 0 Å². The van der Waals surface area contributed by atoms with E-state index in [0.29, 0.717) is 0 Å². The number of hydrogen-bond donors (Lipinski definition) is 0. The Morgan fingerprint density at radius 3 is 3.06 bits per heavy atom. The van der Waals surface area contributed by atoms with Crippen molar-refractivity contribution in [3.63, 3.8) is 0 Å². The van der Waals surface area contributed by atoms with Gasteiger partial charge >= 0.3 is 0 Å². The molecule has 3 nitrogen and oxygen atoms in total. The summed E-state index contributed by atoms with van der Waals surface area (Å²) in [4.78, 5) is 15.1. The minimum atomic E-state index is 0.911. The van der Waals surface area contributed by atoms with Crippen LogP contribution in [0.3, 0.4) is 0 Å². The van der Waals surface area contributed by atoms with E-state index in [0.717, 1.165) is 28.2 Å². The molecule has 0 aliphatic heterocycles. The van der Waals surface area contributed by atoms with Gasteiger partial charge < -0.3 is 0 Å². The van der Waals surface area contributed by atoms with Crippen molar-refractivity contribution in [1.82, 2.24) is 15.0 Å². The minimum absolute atomic E-state index is 0.911. The molecule has 0 spiro atoms. The predicted molar refractivity (Wildman–Crippen MR) is 66.9 cm³/mol. The molecule has 0 amide bonds. The summed E-state index contributed by atoms with van der Waals surface area (Å²) in [5.41, 5.74) is 0.911. The number of hydrogen-bond acceptors (Lipinski definition) is 5. The van der Waals surface area contributed by atoms with E-state index in [9.17, 15) is 0 Å². The lowest BCUT2D eigenvalue weighted by Crippen LogP contribution is -1.86. The van der Waals surface area contributed by atoms with Crippen LogP contribution >= 0.6 is 22.7 Å². The van der Waals surface area contributed by atoms with Crippen LogP contribution in [0.5, 0.6) is 0 Å². The highest BCUT2D eigenvalue weighted by atomic mass is 32.1. The Labute approximate surface area is 101 Å². The average molecular weight is 247 g/mol. The first-order chi connectivity index (χ1) is 7.92. The van der Waals surface area contributed by atoms with E-state index >= 15 is 0 Å². The maximum atomic E-state index is 4.51. The molecule has 0 aliphatic carbocycles. The Bertz CT molecular complexity index is 553. The van der Waals surface area contributed by atoms with Gasteiger partial charge in [0, 0.05) is 11.3 Å². The van der Waals surface area contributed by atoms with Crippen LogP contribution in [0, 0.1) is 0 Å².